The average Bonchev–Trinajstić information content (AvgIpc) is 2.41. The van der Waals surface area contributed by atoms with E-state index >= 15 is 0 Å². The Labute approximate surface area is 129 Å². The van der Waals surface area contributed by atoms with Gasteiger partial charge in [0.15, 0.2) is 0 Å². The molecule has 120 valence electrons. The minimum absolute atomic E-state index is 0.0739. The van der Waals surface area contributed by atoms with Crippen LogP contribution in [0, 0.1) is 17.0 Å². The number of nitrogens with one attached hydrogen (secondary N) is 1. The summed E-state index contributed by atoms with van der Waals surface area (Å²) in [6.07, 6.45) is 1.77. The van der Waals surface area contributed by atoms with Crippen LogP contribution in [0.15, 0.2) is 18.2 Å². The van der Waals surface area contributed by atoms with Crippen LogP contribution < -0.4 is 5.32 Å². The number of hydrogen-bond donors (Lipinski definition) is 2. The SMILES string of the molecule is CCN(CC(=O)O)C1CC(Nc2ccc([N+](=O)[O-])cc2C)C1. The molecule has 0 heterocycles. The quantitative estimate of drug-likeness (QED) is 0.592. The van der Waals surface area contributed by atoms with Crippen molar-refractivity contribution in [2.24, 2.45) is 0 Å². The summed E-state index contributed by atoms with van der Waals surface area (Å²) in [5, 5.41) is 23.0. The number of aryl methyl sites for hydroxylation is 1. The lowest BCUT2D eigenvalue weighted by atomic mass is 9.85. The molecule has 0 unspecified atom stereocenters. The van der Waals surface area contributed by atoms with Gasteiger partial charge in [-0.15, -0.1) is 0 Å². The molecule has 2 rings (SSSR count). The number of carboxylic acid groups (broad SMARTS) is 1. The molecule has 0 bridgehead atoms. The van der Waals surface area contributed by atoms with Crippen molar-refractivity contribution in [1.82, 2.24) is 4.90 Å². The molecule has 0 atom stereocenters. The molecule has 1 aliphatic rings. The Morgan fingerprint density at radius 2 is 2.18 bits per heavy atom. The first-order chi connectivity index (χ1) is 10.4. The maximum absolute atomic E-state index is 10.8. The van der Waals surface area contributed by atoms with Crippen molar-refractivity contribution in [3.8, 4) is 0 Å². The smallest absolute Gasteiger partial charge is 0.317 e. The van der Waals surface area contributed by atoms with Crippen LogP contribution in [0.2, 0.25) is 0 Å². The van der Waals surface area contributed by atoms with E-state index in [-0.39, 0.29) is 24.3 Å². The molecule has 1 aromatic carbocycles. The number of anilines is 1. The summed E-state index contributed by atoms with van der Waals surface area (Å²) in [4.78, 5) is 23.1. The van der Waals surface area contributed by atoms with Crippen LogP contribution in [0.5, 0.6) is 0 Å². The van der Waals surface area contributed by atoms with E-state index in [0.29, 0.717) is 0 Å². The molecule has 0 spiro atoms. The number of aliphatic carboxylic acids is 1. The van der Waals surface area contributed by atoms with Gasteiger partial charge in [-0.25, -0.2) is 0 Å². The van der Waals surface area contributed by atoms with E-state index in [1.165, 1.54) is 6.07 Å². The topological polar surface area (TPSA) is 95.7 Å². The van der Waals surface area contributed by atoms with Gasteiger partial charge in [0.1, 0.15) is 0 Å². The van der Waals surface area contributed by atoms with Crippen LogP contribution in [0.1, 0.15) is 25.3 Å². The molecule has 1 saturated carbocycles. The Bertz CT molecular complexity index is 570. The largest absolute Gasteiger partial charge is 0.480 e. The molecular weight excluding hydrogens is 286 g/mol. The van der Waals surface area contributed by atoms with Crippen LogP contribution in [0.3, 0.4) is 0 Å². The van der Waals surface area contributed by atoms with Gasteiger partial charge in [-0.1, -0.05) is 6.92 Å². The number of rotatable bonds is 7. The third kappa shape index (κ3) is 3.73. The number of carboxylic acids is 1. The van der Waals surface area contributed by atoms with Crippen molar-refractivity contribution in [1.29, 1.82) is 0 Å². The maximum Gasteiger partial charge on any atom is 0.317 e. The fourth-order valence-corrected chi connectivity index (χ4v) is 2.82. The zero-order valence-corrected chi connectivity index (χ0v) is 12.8. The molecule has 0 aromatic heterocycles. The normalized spacial score (nSPS) is 20.5. The highest BCUT2D eigenvalue weighted by atomic mass is 16.6. The molecule has 7 heteroatoms. The van der Waals surface area contributed by atoms with Gasteiger partial charge in [0.25, 0.3) is 5.69 Å². The van der Waals surface area contributed by atoms with Crippen LogP contribution in [-0.2, 0) is 4.79 Å². The van der Waals surface area contributed by atoms with Gasteiger partial charge in [-0.3, -0.25) is 19.8 Å². The van der Waals surface area contributed by atoms with E-state index in [1.54, 1.807) is 12.1 Å². The zero-order valence-electron chi connectivity index (χ0n) is 12.8. The lowest BCUT2D eigenvalue weighted by molar-refractivity contribution is -0.384. The van der Waals surface area contributed by atoms with Gasteiger partial charge in [0.2, 0.25) is 0 Å². The summed E-state index contributed by atoms with van der Waals surface area (Å²) >= 11 is 0. The molecule has 0 radical (unpaired) electrons. The Kier molecular flexibility index (Phi) is 4.97. The summed E-state index contributed by atoms with van der Waals surface area (Å²) < 4.78 is 0. The Hall–Kier alpha value is -2.15. The number of hydrogen-bond acceptors (Lipinski definition) is 5. The highest BCUT2D eigenvalue weighted by Crippen LogP contribution is 2.30. The van der Waals surface area contributed by atoms with Gasteiger partial charge in [0.05, 0.1) is 11.5 Å². The molecule has 7 nitrogen and oxygen atoms in total. The minimum Gasteiger partial charge on any atom is -0.480 e. The highest BCUT2D eigenvalue weighted by Gasteiger charge is 2.33. The summed E-state index contributed by atoms with van der Waals surface area (Å²) in [5.41, 5.74) is 1.83. The second-order valence-electron chi connectivity index (χ2n) is 5.68. The fraction of sp³-hybridized carbons (Fsp3) is 0.533. The standard InChI is InChI=1S/C15H21N3O4/c1-3-17(9-15(19)20)13-7-11(8-13)16-14-5-4-12(18(21)22)6-10(14)2/h4-6,11,13,16H,3,7-9H2,1-2H3,(H,19,20). The number of nitrogens with zero attached hydrogens (tertiary/aromatic N) is 2. The number of benzene rings is 1. The van der Waals surface area contributed by atoms with E-state index < -0.39 is 10.9 Å². The lowest BCUT2D eigenvalue weighted by Crippen LogP contribution is -2.51. The maximum atomic E-state index is 10.8. The van der Waals surface area contributed by atoms with E-state index in [0.717, 1.165) is 30.6 Å². The van der Waals surface area contributed by atoms with Crippen molar-refractivity contribution in [3.63, 3.8) is 0 Å². The first-order valence-electron chi connectivity index (χ1n) is 7.38. The molecule has 2 N–H and O–H groups in total. The Morgan fingerprint density at radius 1 is 1.50 bits per heavy atom. The highest BCUT2D eigenvalue weighted by molar-refractivity contribution is 5.69. The number of nitro groups is 1. The lowest BCUT2D eigenvalue weighted by Gasteiger charge is -2.42. The van der Waals surface area contributed by atoms with E-state index in [2.05, 4.69) is 5.32 Å². The van der Waals surface area contributed by atoms with Crippen molar-refractivity contribution in [3.05, 3.63) is 33.9 Å². The predicted molar refractivity (Wildman–Crippen MR) is 83.1 cm³/mol. The fourth-order valence-electron chi connectivity index (χ4n) is 2.82. The molecule has 1 aliphatic carbocycles. The summed E-state index contributed by atoms with van der Waals surface area (Å²) in [5.74, 6) is -0.801. The Balaban J connectivity index is 1.90. The minimum atomic E-state index is -0.801. The molecule has 0 amide bonds. The van der Waals surface area contributed by atoms with Gasteiger partial charge in [-0.05, 0) is 37.9 Å². The first-order valence-corrected chi connectivity index (χ1v) is 7.38. The third-order valence-corrected chi connectivity index (χ3v) is 4.15. The van der Waals surface area contributed by atoms with Crippen LogP contribution in [-0.4, -0.2) is 46.1 Å². The summed E-state index contributed by atoms with van der Waals surface area (Å²) in [6, 6.07) is 5.36. The number of carbonyl (C=O) groups is 1. The molecule has 22 heavy (non-hydrogen) atoms. The van der Waals surface area contributed by atoms with Crippen LogP contribution in [0.25, 0.3) is 0 Å². The second kappa shape index (κ2) is 6.74. The monoisotopic (exact) mass is 307 g/mol. The van der Waals surface area contributed by atoms with Gasteiger partial charge < -0.3 is 10.4 Å². The number of non-ortho nitro benzene ring substituents is 1. The second-order valence-corrected chi connectivity index (χ2v) is 5.68. The number of nitro benzene ring substituents is 1. The molecule has 0 aliphatic heterocycles. The summed E-state index contributed by atoms with van der Waals surface area (Å²) in [7, 11) is 0. The Morgan fingerprint density at radius 3 is 2.68 bits per heavy atom. The van der Waals surface area contributed by atoms with Crippen molar-refractivity contribution < 1.29 is 14.8 Å². The van der Waals surface area contributed by atoms with Gasteiger partial charge in [-0.2, -0.15) is 0 Å². The summed E-state index contributed by atoms with van der Waals surface area (Å²) in [6.45, 7) is 4.60. The van der Waals surface area contributed by atoms with Crippen molar-refractivity contribution in [2.45, 2.75) is 38.8 Å². The predicted octanol–water partition coefficient (Wildman–Crippen LogP) is 2.25. The van der Waals surface area contributed by atoms with Crippen LogP contribution in [0.4, 0.5) is 11.4 Å². The molecular formula is C15H21N3O4. The van der Waals surface area contributed by atoms with Gasteiger partial charge >= 0.3 is 5.97 Å². The van der Waals surface area contributed by atoms with E-state index in [1.807, 2.05) is 18.7 Å². The van der Waals surface area contributed by atoms with Crippen molar-refractivity contribution in [2.75, 3.05) is 18.4 Å². The van der Waals surface area contributed by atoms with E-state index in [9.17, 15) is 14.9 Å². The van der Waals surface area contributed by atoms with E-state index in [4.69, 9.17) is 5.11 Å². The third-order valence-electron chi connectivity index (χ3n) is 4.15. The molecule has 1 fully saturated rings. The van der Waals surface area contributed by atoms with Gasteiger partial charge in [0, 0.05) is 29.9 Å². The first kappa shape index (κ1) is 16.2. The van der Waals surface area contributed by atoms with Crippen LogP contribution >= 0.6 is 0 Å². The number of likely N-dealkylation sites (N-methyl/N-ethyl adjacent to an activating group) is 1. The molecule has 1 aromatic rings. The molecule has 0 saturated heterocycles. The van der Waals surface area contributed by atoms with Crippen molar-refractivity contribution >= 4 is 17.3 Å². The average molecular weight is 307 g/mol. The zero-order chi connectivity index (χ0) is 16.3.